The van der Waals surface area contributed by atoms with Crippen molar-refractivity contribution >= 4 is 15.7 Å². The van der Waals surface area contributed by atoms with E-state index in [0.717, 1.165) is 0 Å². The number of aryl methyl sites for hydroxylation is 1. The quantitative estimate of drug-likeness (QED) is 0.844. The monoisotopic (exact) mass is 261 g/mol. The zero-order chi connectivity index (χ0) is 13.2. The lowest BCUT2D eigenvalue weighted by atomic mass is 10.2. The van der Waals surface area contributed by atoms with E-state index in [4.69, 9.17) is 6.42 Å². The van der Waals surface area contributed by atoms with Gasteiger partial charge in [-0.2, -0.15) is 8.42 Å². The van der Waals surface area contributed by atoms with Crippen LogP contribution in [0.4, 0.5) is 5.69 Å². The third kappa shape index (κ3) is 2.52. The lowest BCUT2D eigenvalue weighted by molar-refractivity contribution is 0.598. The predicted octanol–water partition coefficient (Wildman–Crippen LogP) is 1.20. The standard InChI is InChI=1S/C12H11N3O2S/c1-3-10-5-4-6-11(7-10)14-18(16,17)12-8-15(2)9-13-12/h1,4-9,14H,2H3. The van der Waals surface area contributed by atoms with Crippen LogP contribution in [0.1, 0.15) is 5.56 Å². The molecular formula is C12H11N3O2S. The van der Waals surface area contributed by atoms with E-state index < -0.39 is 10.0 Å². The molecule has 2 rings (SSSR count). The van der Waals surface area contributed by atoms with Gasteiger partial charge in [0.25, 0.3) is 10.0 Å². The molecule has 0 unspecified atom stereocenters. The molecule has 0 bridgehead atoms. The first-order chi connectivity index (χ1) is 8.51. The molecule has 0 saturated heterocycles. The number of sulfonamides is 1. The van der Waals surface area contributed by atoms with Gasteiger partial charge in [0.05, 0.1) is 12.0 Å². The highest BCUT2D eigenvalue weighted by Crippen LogP contribution is 2.15. The Bertz CT molecular complexity index is 711. The van der Waals surface area contributed by atoms with Gasteiger partial charge < -0.3 is 4.57 Å². The van der Waals surface area contributed by atoms with Crippen LogP contribution in [0.5, 0.6) is 0 Å². The second-order valence-corrected chi connectivity index (χ2v) is 5.34. The van der Waals surface area contributed by atoms with Crippen LogP contribution in [-0.4, -0.2) is 18.0 Å². The Kier molecular flexibility index (Phi) is 3.08. The minimum atomic E-state index is -3.67. The van der Waals surface area contributed by atoms with E-state index in [9.17, 15) is 8.42 Å². The molecule has 0 aliphatic rings. The topological polar surface area (TPSA) is 64.0 Å². The van der Waals surface area contributed by atoms with Crippen molar-refractivity contribution in [1.29, 1.82) is 0 Å². The molecule has 92 valence electrons. The molecule has 0 aliphatic carbocycles. The van der Waals surface area contributed by atoms with E-state index in [1.54, 1.807) is 35.9 Å². The van der Waals surface area contributed by atoms with Crippen molar-refractivity contribution in [1.82, 2.24) is 9.55 Å². The average molecular weight is 261 g/mol. The molecule has 0 atom stereocenters. The molecule has 1 heterocycles. The summed E-state index contributed by atoms with van der Waals surface area (Å²) in [5.41, 5.74) is 1.02. The Labute approximate surface area is 106 Å². The van der Waals surface area contributed by atoms with E-state index >= 15 is 0 Å². The predicted molar refractivity (Wildman–Crippen MR) is 68.4 cm³/mol. The third-order valence-electron chi connectivity index (χ3n) is 2.24. The van der Waals surface area contributed by atoms with Gasteiger partial charge in [-0.05, 0) is 18.2 Å². The highest BCUT2D eigenvalue weighted by Gasteiger charge is 2.16. The minimum absolute atomic E-state index is 0.0314. The van der Waals surface area contributed by atoms with Crippen molar-refractivity contribution in [3.8, 4) is 12.3 Å². The lowest BCUT2D eigenvalue weighted by Gasteiger charge is -2.05. The number of aromatic nitrogens is 2. The number of hydrogen-bond acceptors (Lipinski definition) is 3. The zero-order valence-electron chi connectivity index (χ0n) is 9.66. The summed E-state index contributed by atoms with van der Waals surface area (Å²) >= 11 is 0. The molecule has 0 aliphatic heterocycles. The summed E-state index contributed by atoms with van der Waals surface area (Å²) in [6.07, 6.45) is 8.10. The molecule has 0 spiro atoms. The van der Waals surface area contributed by atoms with Crippen LogP contribution in [0.25, 0.3) is 0 Å². The second kappa shape index (κ2) is 4.55. The molecule has 5 nitrogen and oxygen atoms in total. The molecule has 18 heavy (non-hydrogen) atoms. The number of rotatable bonds is 3. The van der Waals surface area contributed by atoms with Crippen molar-refractivity contribution in [2.75, 3.05) is 4.72 Å². The summed E-state index contributed by atoms with van der Waals surface area (Å²) in [5.74, 6) is 2.44. The van der Waals surface area contributed by atoms with Crippen LogP contribution >= 0.6 is 0 Å². The summed E-state index contributed by atoms with van der Waals surface area (Å²) in [6, 6.07) is 6.62. The number of nitrogens with zero attached hydrogens (tertiary/aromatic N) is 2. The summed E-state index contributed by atoms with van der Waals surface area (Å²) in [7, 11) is -1.97. The van der Waals surface area contributed by atoms with Crippen LogP contribution in [0.15, 0.2) is 41.8 Å². The number of hydrogen-bond donors (Lipinski definition) is 1. The molecule has 6 heteroatoms. The van der Waals surface area contributed by atoms with Crippen LogP contribution in [0.2, 0.25) is 0 Å². The van der Waals surface area contributed by atoms with Crippen molar-refractivity contribution in [2.24, 2.45) is 7.05 Å². The maximum atomic E-state index is 12.0. The molecule has 2 aromatic rings. The van der Waals surface area contributed by atoms with Gasteiger partial charge >= 0.3 is 0 Å². The van der Waals surface area contributed by atoms with E-state index in [1.165, 1.54) is 12.5 Å². The summed E-state index contributed by atoms with van der Waals surface area (Å²) in [4.78, 5) is 3.80. The Hall–Kier alpha value is -2.26. The van der Waals surface area contributed by atoms with Gasteiger partial charge in [-0.25, -0.2) is 4.98 Å². The summed E-state index contributed by atoms with van der Waals surface area (Å²) in [6.45, 7) is 0. The summed E-state index contributed by atoms with van der Waals surface area (Å²) in [5, 5.41) is -0.0314. The maximum Gasteiger partial charge on any atom is 0.280 e. The second-order valence-electron chi connectivity index (χ2n) is 3.71. The van der Waals surface area contributed by atoms with Crippen molar-refractivity contribution in [3.05, 3.63) is 42.4 Å². The number of nitrogens with one attached hydrogen (secondary N) is 1. The molecule has 0 fully saturated rings. The van der Waals surface area contributed by atoms with Crippen LogP contribution < -0.4 is 4.72 Å². The highest BCUT2D eigenvalue weighted by molar-refractivity contribution is 7.92. The SMILES string of the molecule is C#Cc1cccc(NS(=O)(=O)c2cn(C)cn2)c1. The molecule has 1 aromatic carbocycles. The third-order valence-corrected chi connectivity index (χ3v) is 3.50. The van der Waals surface area contributed by atoms with Gasteiger partial charge in [0.1, 0.15) is 0 Å². The highest BCUT2D eigenvalue weighted by atomic mass is 32.2. The van der Waals surface area contributed by atoms with E-state index in [2.05, 4.69) is 15.6 Å². The van der Waals surface area contributed by atoms with Gasteiger partial charge in [-0.15, -0.1) is 6.42 Å². The number of imidazole rings is 1. The van der Waals surface area contributed by atoms with E-state index in [-0.39, 0.29) is 5.03 Å². The fraction of sp³-hybridized carbons (Fsp3) is 0.0833. The first-order valence-electron chi connectivity index (χ1n) is 5.09. The largest absolute Gasteiger partial charge is 0.339 e. The normalized spacial score (nSPS) is 10.9. The van der Waals surface area contributed by atoms with Crippen LogP contribution in [0, 0.1) is 12.3 Å². The maximum absolute atomic E-state index is 12.0. The zero-order valence-corrected chi connectivity index (χ0v) is 10.5. The van der Waals surface area contributed by atoms with E-state index in [0.29, 0.717) is 11.3 Å². The molecular weight excluding hydrogens is 250 g/mol. The Morgan fingerprint density at radius 1 is 1.44 bits per heavy atom. The number of benzene rings is 1. The first-order valence-corrected chi connectivity index (χ1v) is 6.57. The Morgan fingerprint density at radius 3 is 2.83 bits per heavy atom. The van der Waals surface area contributed by atoms with E-state index in [1.807, 2.05) is 0 Å². The van der Waals surface area contributed by atoms with Gasteiger partial charge in [0, 0.05) is 18.8 Å². The van der Waals surface area contributed by atoms with Gasteiger partial charge in [-0.1, -0.05) is 12.0 Å². The smallest absolute Gasteiger partial charge is 0.280 e. The number of terminal acetylenes is 1. The van der Waals surface area contributed by atoms with Crippen molar-refractivity contribution in [2.45, 2.75) is 5.03 Å². The molecule has 0 saturated carbocycles. The number of anilines is 1. The Morgan fingerprint density at radius 2 is 2.22 bits per heavy atom. The van der Waals surface area contributed by atoms with Crippen molar-refractivity contribution < 1.29 is 8.42 Å². The fourth-order valence-corrected chi connectivity index (χ4v) is 2.44. The van der Waals surface area contributed by atoms with Gasteiger partial charge in [0.2, 0.25) is 0 Å². The Balaban J connectivity index is 2.31. The summed E-state index contributed by atoms with van der Waals surface area (Å²) < 4.78 is 27.9. The van der Waals surface area contributed by atoms with Crippen LogP contribution in [0.3, 0.4) is 0 Å². The van der Waals surface area contributed by atoms with Gasteiger partial charge in [0.15, 0.2) is 5.03 Å². The first kappa shape index (κ1) is 12.2. The molecule has 1 aromatic heterocycles. The molecule has 1 N–H and O–H groups in total. The lowest BCUT2D eigenvalue weighted by Crippen LogP contribution is -2.13. The average Bonchev–Trinajstić information content (AvgIpc) is 2.76. The molecule has 0 amide bonds. The van der Waals surface area contributed by atoms with Crippen molar-refractivity contribution in [3.63, 3.8) is 0 Å². The van der Waals surface area contributed by atoms with Gasteiger partial charge in [-0.3, -0.25) is 4.72 Å². The van der Waals surface area contributed by atoms with Crippen LogP contribution in [-0.2, 0) is 17.1 Å². The molecule has 0 radical (unpaired) electrons. The fourth-order valence-electron chi connectivity index (χ4n) is 1.41. The minimum Gasteiger partial charge on any atom is -0.339 e.